The van der Waals surface area contributed by atoms with Crippen LogP contribution in [0.5, 0.6) is 5.75 Å². The first-order valence-corrected chi connectivity index (χ1v) is 5.71. The molecule has 1 N–H and O–H groups in total. The van der Waals surface area contributed by atoms with E-state index in [1.54, 1.807) is 31.2 Å². The second kappa shape index (κ2) is 4.46. The number of rotatable bonds is 3. The van der Waals surface area contributed by atoms with Crippen molar-refractivity contribution in [1.82, 2.24) is 0 Å². The lowest BCUT2D eigenvalue weighted by molar-refractivity contribution is 0.412. The summed E-state index contributed by atoms with van der Waals surface area (Å²) in [7, 11) is -2.79. The minimum Gasteiger partial charge on any atom is -0.497 e. The Bertz CT molecular complexity index is 474. The predicted octanol–water partition coefficient (Wildman–Crippen LogP) is 1.97. The zero-order chi connectivity index (χ0) is 11.5. The Morgan fingerprint density at radius 3 is 2.53 bits per heavy atom. The van der Waals surface area contributed by atoms with Crippen LogP contribution in [0.15, 0.2) is 29.2 Å². The van der Waals surface area contributed by atoms with E-state index in [0.29, 0.717) is 11.3 Å². The fourth-order valence-electron chi connectivity index (χ4n) is 1.18. The maximum absolute atomic E-state index is 11.1. The molecule has 0 aliphatic carbocycles. The van der Waals surface area contributed by atoms with Crippen molar-refractivity contribution in [3.8, 4) is 5.75 Å². The normalized spacial score (nSPS) is 11.9. The molecule has 0 aromatic heterocycles. The smallest absolute Gasteiger partial charge is 0.295 e. The third-order valence-electron chi connectivity index (χ3n) is 1.84. The van der Waals surface area contributed by atoms with Crippen LogP contribution in [0, 0.1) is 0 Å². The van der Waals surface area contributed by atoms with Gasteiger partial charge in [-0.25, -0.2) is 0 Å². The Kier molecular flexibility index (Phi) is 3.49. The molecule has 4 nitrogen and oxygen atoms in total. The highest BCUT2D eigenvalue weighted by Gasteiger charge is 2.14. The van der Waals surface area contributed by atoms with E-state index in [4.69, 9.17) is 9.29 Å². The van der Waals surface area contributed by atoms with Gasteiger partial charge in [-0.1, -0.05) is 12.2 Å². The van der Waals surface area contributed by atoms with Crippen LogP contribution in [0.4, 0.5) is 0 Å². The first kappa shape index (κ1) is 11.7. The first-order chi connectivity index (χ1) is 6.99. The monoisotopic (exact) mass is 228 g/mol. The van der Waals surface area contributed by atoms with E-state index in [0.717, 1.165) is 0 Å². The SMILES string of the molecule is CC=Cc1ccc(OC)cc1S(=O)(=O)O. The van der Waals surface area contributed by atoms with Gasteiger partial charge < -0.3 is 4.74 Å². The fourth-order valence-corrected chi connectivity index (χ4v) is 1.88. The van der Waals surface area contributed by atoms with Crippen molar-refractivity contribution in [3.05, 3.63) is 29.8 Å². The average Bonchev–Trinajstić information content (AvgIpc) is 2.17. The summed E-state index contributed by atoms with van der Waals surface area (Å²) in [6.45, 7) is 1.76. The summed E-state index contributed by atoms with van der Waals surface area (Å²) in [5, 5.41) is 0. The van der Waals surface area contributed by atoms with Crippen LogP contribution in [0.2, 0.25) is 0 Å². The summed E-state index contributed by atoms with van der Waals surface area (Å²) < 4.78 is 36.0. The molecule has 0 amide bonds. The lowest BCUT2D eigenvalue weighted by Gasteiger charge is -2.05. The van der Waals surface area contributed by atoms with Crippen molar-refractivity contribution >= 4 is 16.2 Å². The molecular formula is C10H12O4S. The molecule has 0 saturated carbocycles. The molecule has 0 saturated heterocycles. The maximum Gasteiger partial charge on any atom is 0.295 e. The van der Waals surface area contributed by atoms with E-state index >= 15 is 0 Å². The number of allylic oxidation sites excluding steroid dienone is 1. The Hall–Kier alpha value is -1.33. The van der Waals surface area contributed by atoms with Gasteiger partial charge in [-0.3, -0.25) is 4.55 Å². The number of hydrogen-bond donors (Lipinski definition) is 1. The topological polar surface area (TPSA) is 63.6 Å². The lowest BCUT2D eigenvalue weighted by atomic mass is 10.2. The summed E-state index contributed by atoms with van der Waals surface area (Å²) >= 11 is 0. The van der Waals surface area contributed by atoms with Crippen LogP contribution in [-0.4, -0.2) is 20.1 Å². The highest BCUT2D eigenvalue weighted by atomic mass is 32.2. The van der Waals surface area contributed by atoms with Crippen LogP contribution >= 0.6 is 0 Å². The quantitative estimate of drug-likeness (QED) is 0.803. The minimum atomic E-state index is -4.22. The number of ether oxygens (including phenoxy) is 1. The molecule has 5 heteroatoms. The highest BCUT2D eigenvalue weighted by Crippen LogP contribution is 2.22. The molecule has 0 fully saturated rings. The van der Waals surface area contributed by atoms with Gasteiger partial charge in [0.15, 0.2) is 0 Å². The lowest BCUT2D eigenvalue weighted by Crippen LogP contribution is -2.01. The zero-order valence-corrected chi connectivity index (χ0v) is 9.28. The van der Waals surface area contributed by atoms with Crippen LogP contribution in [-0.2, 0) is 10.1 Å². The third kappa shape index (κ3) is 2.81. The number of benzene rings is 1. The van der Waals surface area contributed by atoms with Crippen LogP contribution < -0.4 is 4.74 Å². The first-order valence-electron chi connectivity index (χ1n) is 4.27. The van der Waals surface area contributed by atoms with Gasteiger partial charge in [-0.05, 0) is 24.6 Å². The van der Waals surface area contributed by atoms with Crippen molar-refractivity contribution in [2.45, 2.75) is 11.8 Å². The van der Waals surface area contributed by atoms with Gasteiger partial charge in [0.25, 0.3) is 10.1 Å². The van der Waals surface area contributed by atoms with Gasteiger partial charge in [-0.2, -0.15) is 8.42 Å². The molecule has 0 atom stereocenters. The van der Waals surface area contributed by atoms with E-state index < -0.39 is 10.1 Å². The molecule has 15 heavy (non-hydrogen) atoms. The summed E-state index contributed by atoms with van der Waals surface area (Å²) in [4.78, 5) is -0.153. The van der Waals surface area contributed by atoms with Gasteiger partial charge in [-0.15, -0.1) is 0 Å². The van der Waals surface area contributed by atoms with Crippen molar-refractivity contribution in [3.63, 3.8) is 0 Å². The van der Waals surface area contributed by atoms with Crippen molar-refractivity contribution in [2.24, 2.45) is 0 Å². The molecule has 0 bridgehead atoms. The largest absolute Gasteiger partial charge is 0.497 e. The fraction of sp³-hybridized carbons (Fsp3) is 0.200. The van der Waals surface area contributed by atoms with Gasteiger partial charge in [0.1, 0.15) is 10.6 Å². The van der Waals surface area contributed by atoms with E-state index in [1.165, 1.54) is 13.2 Å². The second-order valence-electron chi connectivity index (χ2n) is 2.88. The summed E-state index contributed by atoms with van der Waals surface area (Å²) in [6, 6.07) is 4.48. The van der Waals surface area contributed by atoms with Crippen molar-refractivity contribution in [1.29, 1.82) is 0 Å². The van der Waals surface area contributed by atoms with Gasteiger partial charge >= 0.3 is 0 Å². The standard InChI is InChI=1S/C10H12O4S/c1-3-4-8-5-6-9(14-2)7-10(8)15(11,12)13/h3-7H,1-2H3,(H,11,12,13). The Balaban J connectivity index is 3.42. The molecule has 0 unspecified atom stereocenters. The number of methoxy groups -OCH3 is 1. The minimum absolute atomic E-state index is 0.153. The maximum atomic E-state index is 11.1. The summed E-state index contributed by atoms with van der Waals surface area (Å²) in [6.07, 6.45) is 3.29. The molecule has 1 aromatic rings. The number of hydrogen-bond acceptors (Lipinski definition) is 3. The Morgan fingerprint density at radius 1 is 1.40 bits per heavy atom. The molecule has 0 aliphatic rings. The molecule has 0 radical (unpaired) electrons. The zero-order valence-electron chi connectivity index (χ0n) is 8.47. The molecule has 82 valence electrons. The predicted molar refractivity (Wildman–Crippen MR) is 57.5 cm³/mol. The molecule has 1 aromatic carbocycles. The molecule has 1 rings (SSSR count). The Morgan fingerprint density at radius 2 is 2.07 bits per heavy atom. The van der Waals surface area contributed by atoms with Gasteiger partial charge in [0, 0.05) is 6.07 Å². The summed E-state index contributed by atoms with van der Waals surface area (Å²) in [5.41, 5.74) is 0.431. The Labute approximate surface area is 88.9 Å². The second-order valence-corrected chi connectivity index (χ2v) is 4.27. The van der Waals surface area contributed by atoms with Crippen molar-refractivity contribution in [2.75, 3.05) is 7.11 Å². The van der Waals surface area contributed by atoms with Crippen LogP contribution in [0.3, 0.4) is 0 Å². The van der Waals surface area contributed by atoms with Crippen LogP contribution in [0.25, 0.3) is 6.08 Å². The van der Waals surface area contributed by atoms with E-state index in [-0.39, 0.29) is 4.90 Å². The summed E-state index contributed by atoms with van der Waals surface area (Å²) in [5.74, 6) is 0.385. The van der Waals surface area contributed by atoms with E-state index in [1.807, 2.05) is 0 Å². The van der Waals surface area contributed by atoms with Crippen molar-refractivity contribution < 1.29 is 17.7 Å². The van der Waals surface area contributed by atoms with Gasteiger partial charge in [0.2, 0.25) is 0 Å². The van der Waals surface area contributed by atoms with Crippen LogP contribution in [0.1, 0.15) is 12.5 Å². The average molecular weight is 228 g/mol. The van der Waals surface area contributed by atoms with E-state index in [9.17, 15) is 8.42 Å². The van der Waals surface area contributed by atoms with E-state index in [2.05, 4.69) is 0 Å². The third-order valence-corrected chi connectivity index (χ3v) is 2.75. The van der Waals surface area contributed by atoms with Gasteiger partial charge in [0.05, 0.1) is 7.11 Å². The molecule has 0 heterocycles. The molecule has 0 spiro atoms. The molecule has 0 aliphatic heterocycles. The highest BCUT2D eigenvalue weighted by molar-refractivity contribution is 7.85. The molecular weight excluding hydrogens is 216 g/mol.